The minimum absolute atomic E-state index is 0.252. The van der Waals surface area contributed by atoms with E-state index in [0.29, 0.717) is 11.8 Å². The first-order valence-corrected chi connectivity index (χ1v) is 5.44. The van der Waals surface area contributed by atoms with Crippen LogP contribution in [0.2, 0.25) is 0 Å². The molecule has 0 unspecified atom stereocenters. The fourth-order valence-corrected chi connectivity index (χ4v) is 1.97. The number of primary amides is 1. The van der Waals surface area contributed by atoms with Gasteiger partial charge in [-0.2, -0.15) is 15.0 Å². The average Bonchev–Trinajstić information content (AvgIpc) is 2.77. The third-order valence-electron chi connectivity index (χ3n) is 2.74. The number of hydrogen-bond donors (Lipinski definition) is 1. The van der Waals surface area contributed by atoms with Crippen LogP contribution in [-0.4, -0.2) is 40.6 Å². The summed E-state index contributed by atoms with van der Waals surface area (Å²) in [6.45, 7) is 2.48. The highest BCUT2D eigenvalue weighted by Crippen LogP contribution is 2.23. The topological polar surface area (TPSA) is 94.2 Å². The normalized spacial score (nSPS) is 19.4. The van der Waals surface area contributed by atoms with Crippen molar-refractivity contribution in [2.75, 3.05) is 18.6 Å². The zero-order valence-electron chi connectivity index (χ0n) is 9.88. The van der Waals surface area contributed by atoms with Crippen molar-refractivity contribution >= 4 is 11.9 Å². The predicted octanol–water partition coefficient (Wildman–Crippen LogP) is -0.357. The molecule has 0 aromatic carbocycles. The molecule has 92 valence electrons. The largest absolute Gasteiger partial charge is 0.467 e. The minimum Gasteiger partial charge on any atom is -0.467 e. The number of amides is 1. The lowest BCUT2D eigenvalue weighted by Gasteiger charge is -2.22. The molecule has 2 heterocycles. The number of methoxy groups -OCH3 is 1. The average molecular weight is 237 g/mol. The Kier molecular flexibility index (Phi) is 3.08. The number of aromatic nitrogens is 3. The SMILES string of the molecule is COc1nc(C)nc(N2CCC[C@H]2C(N)=O)n1. The Bertz CT molecular complexity index is 437. The number of carbonyl (C=O) groups is 1. The summed E-state index contributed by atoms with van der Waals surface area (Å²) in [4.78, 5) is 25.5. The van der Waals surface area contributed by atoms with Crippen molar-refractivity contribution in [3.63, 3.8) is 0 Å². The van der Waals surface area contributed by atoms with E-state index < -0.39 is 0 Å². The van der Waals surface area contributed by atoms with Crippen molar-refractivity contribution in [2.24, 2.45) is 5.73 Å². The van der Waals surface area contributed by atoms with Gasteiger partial charge < -0.3 is 15.4 Å². The molecule has 1 aliphatic heterocycles. The quantitative estimate of drug-likeness (QED) is 0.771. The van der Waals surface area contributed by atoms with Gasteiger partial charge in [0.2, 0.25) is 11.9 Å². The second-order valence-corrected chi connectivity index (χ2v) is 3.92. The highest BCUT2D eigenvalue weighted by Gasteiger charge is 2.31. The maximum absolute atomic E-state index is 11.3. The lowest BCUT2D eigenvalue weighted by Crippen LogP contribution is -2.41. The molecule has 2 rings (SSSR count). The van der Waals surface area contributed by atoms with Crippen molar-refractivity contribution in [2.45, 2.75) is 25.8 Å². The molecule has 7 nitrogen and oxygen atoms in total. The zero-order chi connectivity index (χ0) is 12.4. The Morgan fingerprint density at radius 3 is 2.88 bits per heavy atom. The van der Waals surface area contributed by atoms with Crippen LogP contribution in [0.3, 0.4) is 0 Å². The van der Waals surface area contributed by atoms with E-state index in [4.69, 9.17) is 10.5 Å². The number of hydrogen-bond acceptors (Lipinski definition) is 6. The van der Waals surface area contributed by atoms with Crippen LogP contribution < -0.4 is 15.4 Å². The van der Waals surface area contributed by atoms with Gasteiger partial charge in [-0.05, 0) is 19.8 Å². The smallest absolute Gasteiger partial charge is 0.321 e. The summed E-state index contributed by atoms with van der Waals surface area (Å²) in [5.74, 6) is 0.664. The molecule has 1 aromatic heterocycles. The Morgan fingerprint density at radius 2 is 2.24 bits per heavy atom. The third-order valence-corrected chi connectivity index (χ3v) is 2.74. The number of nitrogens with zero attached hydrogens (tertiary/aromatic N) is 4. The van der Waals surface area contributed by atoms with Crippen molar-refractivity contribution in [3.05, 3.63) is 5.82 Å². The molecule has 2 N–H and O–H groups in total. The number of rotatable bonds is 3. The molecule has 0 radical (unpaired) electrons. The standard InChI is InChI=1S/C10H15N5O2/c1-6-12-9(14-10(13-6)17-2)15-5-3-4-7(15)8(11)16/h7H,3-5H2,1-2H3,(H2,11,16)/t7-/m0/s1. The molecule has 1 amide bonds. The molecule has 0 bridgehead atoms. The van der Waals surface area contributed by atoms with E-state index in [1.165, 1.54) is 7.11 Å². The van der Waals surface area contributed by atoms with Crippen molar-refractivity contribution in [1.82, 2.24) is 15.0 Å². The van der Waals surface area contributed by atoms with Gasteiger partial charge >= 0.3 is 6.01 Å². The third kappa shape index (κ3) is 2.27. The summed E-state index contributed by atoms with van der Waals surface area (Å²) in [5.41, 5.74) is 5.35. The Labute approximate surface area is 99.0 Å². The predicted molar refractivity (Wildman–Crippen MR) is 60.7 cm³/mol. The molecule has 1 aliphatic rings. The zero-order valence-corrected chi connectivity index (χ0v) is 9.88. The fourth-order valence-electron chi connectivity index (χ4n) is 1.97. The summed E-state index contributed by atoms with van der Waals surface area (Å²) in [5, 5.41) is 0. The summed E-state index contributed by atoms with van der Waals surface area (Å²) in [7, 11) is 1.49. The van der Waals surface area contributed by atoms with Crippen molar-refractivity contribution < 1.29 is 9.53 Å². The second kappa shape index (κ2) is 4.52. The van der Waals surface area contributed by atoms with Crippen LogP contribution in [0.15, 0.2) is 0 Å². The molecular formula is C10H15N5O2. The lowest BCUT2D eigenvalue weighted by atomic mass is 10.2. The molecule has 0 spiro atoms. The summed E-state index contributed by atoms with van der Waals surface area (Å²) >= 11 is 0. The van der Waals surface area contributed by atoms with E-state index >= 15 is 0 Å². The first-order valence-electron chi connectivity index (χ1n) is 5.44. The van der Waals surface area contributed by atoms with E-state index in [1.807, 2.05) is 0 Å². The van der Waals surface area contributed by atoms with Crippen LogP contribution >= 0.6 is 0 Å². The van der Waals surface area contributed by atoms with E-state index in [9.17, 15) is 4.79 Å². The maximum atomic E-state index is 11.3. The molecule has 7 heteroatoms. The first kappa shape index (κ1) is 11.6. The van der Waals surface area contributed by atoms with Gasteiger partial charge in [0.25, 0.3) is 0 Å². The molecule has 0 aliphatic carbocycles. The van der Waals surface area contributed by atoms with E-state index in [1.54, 1.807) is 11.8 Å². The van der Waals surface area contributed by atoms with Crippen molar-refractivity contribution in [3.8, 4) is 6.01 Å². The van der Waals surface area contributed by atoms with Gasteiger partial charge in [-0.3, -0.25) is 4.79 Å². The highest BCUT2D eigenvalue weighted by atomic mass is 16.5. The number of nitrogens with two attached hydrogens (primary N) is 1. The van der Waals surface area contributed by atoms with Gasteiger partial charge in [0.15, 0.2) is 0 Å². The van der Waals surface area contributed by atoms with Crippen LogP contribution in [0.25, 0.3) is 0 Å². The van der Waals surface area contributed by atoms with Crippen LogP contribution in [0.1, 0.15) is 18.7 Å². The Hall–Kier alpha value is -1.92. The molecule has 1 atom stereocenters. The lowest BCUT2D eigenvalue weighted by molar-refractivity contribution is -0.119. The van der Waals surface area contributed by atoms with Gasteiger partial charge in [-0.1, -0.05) is 0 Å². The molecular weight excluding hydrogens is 222 g/mol. The Morgan fingerprint density at radius 1 is 1.47 bits per heavy atom. The van der Waals surface area contributed by atoms with E-state index in [0.717, 1.165) is 19.4 Å². The number of carbonyl (C=O) groups excluding carboxylic acids is 1. The second-order valence-electron chi connectivity index (χ2n) is 3.92. The maximum Gasteiger partial charge on any atom is 0.321 e. The molecule has 1 saturated heterocycles. The van der Waals surface area contributed by atoms with E-state index in [2.05, 4.69) is 15.0 Å². The summed E-state index contributed by atoms with van der Waals surface area (Å²) < 4.78 is 4.99. The highest BCUT2D eigenvalue weighted by molar-refractivity contribution is 5.83. The summed E-state index contributed by atoms with van der Waals surface area (Å²) in [6, 6.07) is -0.0795. The van der Waals surface area contributed by atoms with E-state index in [-0.39, 0.29) is 18.0 Å². The summed E-state index contributed by atoms with van der Waals surface area (Å²) in [6.07, 6.45) is 1.64. The van der Waals surface area contributed by atoms with Gasteiger partial charge in [0.05, 0.1) is 7.11 Å². The van der Waals surface area contributed by atoms with Crippen LogP contribution in [0.4, 0.5) is 5.95 Å². The van der Waals surface area contributed by atoms with Crippen LogP contribution in [-0.2, 0) is 4.79 Å². The molecule has 1 aromatic rings. The minimum atomic E-state index is -0.348. The fraction of sp³-hybridized carbons (Fsp3) is 0.600. The van der Waals surface area contributed by atoms with Gasteiger partial charge in [0.1, 0.15) is 11.9 Å². The Balaban J connectivity index is 2.32. The van der Waals surface area contributed by atoms with Crippen LogP contribution in [0, 0.1) is 6.92 Å². The van der Waals surface area contributed by atoms with Gasteiger partial charge in [-0.25, -0.2) is 0 Å². The van der Waals surface area contributed by atoms with Gasteiger partial charge in [0, 0.05) is 6.54 Å². The molecule has 0 saturated carbocycles. The van der Waals surface area contributed by atoms with Crippen molar-refractivity contribution in [1.29, 1.82) is 0 Å². The molecule has 17 heavy (non-hydrogen) atoms. The molecule has 1 fully saturated rings. The number of aryl methyl sites for hydroxylation is 1. The number of ether oxygens (including phenoxy) is 1. The van der Waals surface area contributed by atoms with Crippen LogP contribution in [0.5, 0.6) is 6.01 Å². The monoisotopic (exact) mass is 237 g/mol. The van der Waals surface area contributed by atoms with Gasteiger partial charge in [-0.15, -0.1) is 0 Å². The first-order chi connectivity index (χ1) is 8.11. The number of anilines is 1.